The highest BCUT2D eigenvalue weighted by Gasteiger charge is 2.17. The first kappa shape index (κ1) is 13.4. The summed E-state index contributed by atoms with van der Waals surface area (Å²) in [6.07, 6.45) is 0.361. The third kappa shape index (κ3) is 4.34. The van der Waals surface area contributed by atoms with Crippen LogP contribution >= 0.6 is 0 Å². The Bertz CT molecular complexity index is 408. The van der Waals surface area contributed by atoms with Gasteiger partial charge in [-0.15, -0.1) is 0 Å². The minimum absolute atomic E-state index is 0.0883. The van der Waals surface area contributed by atoms with Crippen molar-refractivity contribution >= 4 is 11.7 Å². The Hall–Kier alpha value is -1.71. The summed E-state index contributed by atoms with van der Waals surface area (Å²) in [6, 6.07) is 4.91. The zero-order chi connectivity index (χ0) is 13.1. The Morgan fingerprint density at radius 2 is 2.00 bits per heavy atom. The van der Waals surface area contributed by atoms with E-state index in [9.17, 15) is 4.79 Å². The van der Waals surface area contributed by atoms with E-state index in [4.69, 9.17) is 15.2 Å². The maximum Gasteiger partial charge on any atom is 0.311 e. The van der Waals surface area contributed by atoms with Gasteiger partial charge in [-0.25, -0.2) is 0 Å². The fraction of sp³-hybridized carbons (Fsp3) is 0.462. The van der Waals surface area contributed by atoms with Crippen molar-refractivity contribution in [3.8, 4) is 11.5 Å². The average molecular weight is 237 g/mol. The van der Waals surface area contributed by atoms with Gasteiger partial charge in [0.05, 0.1) is 19.2 Å². The lowest BCUT2D eigenvalue weighted by Crippen LogP contribution is -2.17. The van der Waals surface area contributed by atoms with Crippen LogP contribution in [0.15, 0.2) is 18.2 Å². The number of esters is 1. The Morgan fingerprint density at radius 3 is 2.53 bits per heavy atom. The lowest BCUT2D eigenvalue weighted by atomic mass is 9.92. The minimum Gasteiger partial charge on any atom is -0.494 e. The molecule has 0 saturated heterocycles. The molecule has 1 aromatic carbocycles. The molecular weight excluding hydrogens is 218 g/mol. The summed E-state index contributed by atoms with van der Waals surface area (Å²) in [4.78, 5) is 11.6. The van der Waals surface area contributed by atoms with E-state index in [1.165, 1.54) is 7.11 Å². The van der Waals surface area contributed by atoms with Gasteiger partial charge in [0.1, 0.15) is 11.5 Å². The number of anilines is 1. The fourth-order valence-corrected chi connectivity index (χ4v) is 1.36. The number of hydrogen-bond donors (Lipinski definition) is 1. The van der Waals surface area contributed by atoms with Crippen molar-refractivity contribution in [3.63, 3.8) is 0 Å². The van der Waals surface area contributed by atoms with E-state index in [1.54, 1.807) is 18.2 Å². The summed E-state index contributed by atoms with van der Waals surface area (Å²) in [5.74, 6) is 0.695. The fourth-order valence-electron chi connectivity index (χ4n) is 1.36. The number of carbonyl (C=O) groups is 1. The molecular formula is C13H19NO3. The summed E-state index contributed by atoms with van der Waals surface area (Å²) in [5, 5.41) is 0. The molecule has 0 fully saturated rings. The van der Waals surface area contributed by atoms with Gasteiger partial charge >= 0.3 is 5.97 Å². The molecule has 0 aliphatic heterocycles. The molecule has 94 valence electrons. The second-order valence-corrected chi connectivity index (χ2v) is 5.12. The van der Waals surface area contributed by atoms with Crippen molar-refractivity contribution in [1.82, 2.24) is 0 Å². The predicted octanol–water partition coefficient (Wildman–Crippen LogP) is 2.62. The van der Waals surface area contributed by atoms with Gasteiger partial charge < -0.3 is 15.2 Å². The largest absolute Gasteiger partial charge is 0.494 e. The molecule has 0 heterocycles. The van der Waals surface area contributed by atoms with E-state index in [0.29, 0.717) is 23.6 Å². The van der Waals surface area contributed by atoms with Gasteiger partial charge in [-0.3, -0.25) is 4.79 Å². The van der Waals surface area contributed by atoms with E-state index in [0.717, 1.165) is 0 Å². The van der Waals surface area contributed by atoms with Crippen molar-refractivity contribution in [1.29, 1.82) is 0 Å². The number of methoxy groups -OCH3 is 1. The Labute approximate surface area is 102 Å². The van der Waals surface area contributed by atoms with Crippen LogP contribution < -0.4 is 15.2 Å². The van der Waals surface area contributed by atoms with Crippen molar-refractivity contribution in [2.45, 2.75) is 27.2 Å². The predicted molar refractivity (Wildman–Crippen MR) is 67.1 cm³/mol. The summed E-state index contributed by atoms with van der Waals surface area (Å²) in [6.45, 7) is 5.95. The number of hydrogen-bond acceptors (Lipinski definition) is 4. The van der Waals surface area contributed by atoms with Crippen molar-refractivity contribution in [2.24, 2.45) is 5.41 Å². The van der Waals surface area contributed by atoms with Gasteiger partial charge in [-0.1, -0.05) is 20.8 Å². The molecule has 0 amide bonds. The molecule has 0 bridgehead atoms. The van der Waals surface area contributed by atoms with Crippen LogP contribution in [0.3, 0.4) is 0 Å². The molecule has 0 atom stereocenters. The van der Waals surface area contributed by atoms with Gasteiger partial charge in [-0.05, 0) is 17.5 Å². The van der Waals surface area contributed by atoms with E-state index >= 15 is 0 Å². The van der Waals surface area contributed by atoms with Gasteiger partial charge in [0.15, 0.2) is 0 Å². The van der Waals surface area contributed by atoms with Crippen LogP contribution in [-0.2, 0) is 4.79 Å². The van der Waals surface area contributed by atoms with Gasteiger partial charge in [0.2, 0.25) is 0 Å². The molecule has 0 saturated carbocycles. The second kappa shape index (κ2) is 5.08. The lowest BCUT2D eigenvalue weighted by Gasteiger charge is -2.16. The van der Waals surface area contributed by atoms with Crippen LogP contribution in [0.1, 0.15) is 27.2 Å². The molecule has 0 radical (unpaired) electrons. The molecule has 4 nitrogen and oxygen atoms in total. The highest BCUT2D eigenvalue weighted by Crippen LogP contribution is 2.27. The molecule has 1 rings (SSSR count). The SMILES string of the molecule is COc1cc(OC(=O)CC(C)(C)C)ccc1N. The van der Waals surface area contributed by atoms with Crippen molar-refractivity contribution in [3.05, 3.63) is 18.2 Å². The van der Waals surface area contributed by atoms with Crippen LogP contribution in [0, 0.1) is 5.41 Å². The van der Waals surface area contributed by atoms with Crippen molar-refractivity contribution in [2.75, 3.05) is 12.8 Å². The smallest absolute Gasteiger partial charge is 0.311 e. The number of nitrogen functional groups attached to an aromatic ring is 1. The van der Waals surface area contributed by atoms with Gasteiger partial charge in [0.25, 0.3) is 0 Å². The summed E-state index contributed by atoms with van der Waals surface area (Å²) in [5.41, 5.74) is 6.10. The molecule has 0 spiro atoms. The number of nitrogens with two attached hydrogens (primary N) is 1. The van der Waals surface area contributed by atoms with Gasteiger partial charge in [0, 0.05) is 6.07 Å². The quantitative estimate of drug-likeness (QED) is 0.498. The molecule has 0 unspecified atom stereocenters. The Morgan fingerprint density at radius 1 is 1.35 bits per heavy atom. The monoisotopic (exact) mass is 237 g/mol. The Balaban J connectivity index is 2.72. The second-order valence-electron chi connectivity index (χ2n) is 5.12. The summed E-state index contributed by atoms with van der Waals surface area (Å²) in [7, 11) is 1.52. The average Bonchev–Trinajstić information content (AvgIpc) is 2.18. The van der Waals surface area contributed by atoms with Crippen molar-refractivity contribution < 1.29 is 14.3 Å². The van der Waals surface area contributed by atoms with E-state index < -0.39 is 0 Å². The van der Waals surface area contributed by atoms with Gasteiger partial charge in [-0.2, -0.15) is 0 Å². The normalized spacial score (nSPS) is 11.1. The molecule has 4 heteroatoms. The highest BCUT2D eigenvalue weighted by molar-refractivity contribution is 5.73. The molecule has 1 aromatic rings. The van der Waals surface area contributed by atoms with Crippen LogP contribution in [-0.4, -0.2) is 13.1 Å². The zero-order valence-electron chi connectivity index (χ0n) is 10.7. The first-order chi connectivity index (χ1) is 7.81. The maximum atomic E-state index is 11.6. The third-order valence-corrected chi connectivity index (χ3v) is 2.11. The number of carbonyl (C=O) groups excluding carboxylic acids is 1. The first-order valence-electron chi connectivity index (χ1n) is 5.46. The third-order valence-electron chi connectivity index (χ3n) is 2.11. The minimum atomic E-state index is -0.260. The van der Waals surface area contributed by atoms with E-state index in [2.05, 4.69) is 0 Å². The standard InChI is InChI=1S/C13H19NO3/c1-13(2,3)8-12(15)17-9-5-6-10(14)11(7-9)16-4/h5-7H,8,14H2,1-4H3. The van der Waals surface area contributed by atoms with E-state index in [-0.39, 0.29) is 11.4 Å². The molecule has 2 N–H and O–H groups in total. The Kier molecular flexibility index (Phi) is 3.99. The first-order valence-corrected chi connectivity index (χ1v) is 5.46. The summed E-state index contributed by atoms with van der Waals surface area (Å²) < 4.78 is 10.3. The molecule has 0 aliphatic carbocycles. The number of rotatable bonds is 3. The zero-order valence-corrected chi connectivity index (χ0v) is 10.7. The molecule has 0 aromatic heterocycles. The highest BCUT2D eigenvalue weighted by atomic mass is 16.5. The molecule has 0 aliphatic rings. The molecule has 17 heavy (non-hydrogen) atoms. The topological polar surface area (TPSA) is 61.5 Å². The summed E-state index contributed by atoms with van der Waals surface area (Å²) >= 11 is 0. The van der Waals surface area contributed by atoms with Crippen LogP contribution in [0.5, 0.6) is 11.5 Å². The van der Waals surface area contributed by atoms with Crippen LogP contribution in [0.4, 0.5) is 5.69 Å². The lowest BCUT2D eigenvalue weighted by molar-refractivity contribution is -0.136. The number of benzene rings is 1. The van der Waals surface area contributed by atoms with Crippen LogP contribution in [0.2, 0.25) is 0 Å². The van der Waals surface area contributed by atoms with Crippen LogP contribution in [0.25, 0.3) is 0 Å². The number of ether oxygens (including phenoxy) is 2. The maximum absolute atomic E-state index is 11.6. The van der Waals surface area contributed by atoms with E-state index in [1.807, 2.05) is 20.8 Å².